The van der Waals surface area contributed by atoms with Gasteiger partial charge in [0.2, 0.25) is 0 Å². The normalized spacial score (nSPS) is 12.3. The summed E-state index contributed by atoms with van der Waals surface area (Å²) in [4.78, 5) is 10.8. The van der Waals surface area contributed by atoms with Gasteiger partial charge in [-0.05, 0) is 27.7 Å². The summed E-state index contributed by atoms with van der Waals surface area (Å²) in [5, 5.41) is 0. The van der Waals surface area contributed by atoms with Crippen molar-refractivity contribution in [3.05, 3.63) is 11.3 Å². The molecule has 0 atom stereocenters. The lowest BCUT2D eigenvalue weighted by Crippen LogP contribution is -2.02. The number of allylic oxidation sites excluding steroid dienone is 2. The Morgan fingerprint density at radius 3 is 2.25 bits per heavy atom. The van der Waals surface area contributed by atoms with Gasteiger partial charge >= 0.3 is 0 Å². The quantitative estimate of drug-likeness (QED) is 0.275. The summed E-state index contributed by atoms with van der Waals surface area (Å²) in [6.07, 6.45) is 0. The largest absolute Gasteiger partial charge is 0.472 e. The fourth-order valence-electron chi connectivity index (χ4n) is 0.570. The molecule has 0 spiro atoms. The molecule has 0 bridgehead atoms. The average Bonchev–Trinajstić information content (AvgIpc) is 2.03. The molecular weight excluding hydrogens is 156 g/mol. The molecule has 0 saturated carbocycles. The monoisotopic (exact) mass is 172 g/mol. The van der Waals surface area contributed by atoms with Crippen molar-refractivity contribution in [1.29, 1.82) is 0 Å². The molecule has 0 aliphatic heterocycles. The van der Waals surface area contributed by atoms with Gasteiger partial charge in [-0.15, -0.1) is 0 Å². The highest BCUT2D eigenvalue weighted by Crippen LogP contribution is 2.05. The Labute approximate surface area is 73.4 Å². The van der Waals surface area contributed by atoms with E-state index in [9.17, 15) is 4.79 Å². The first-order chi connectivity index (χ1) is 5.59. The van der Waals surface area contributed by atoms with Gasteiger partial charge in [0.1, 0.15) is 5.76 Å². The van der Waals surface area contributed by atoms with Gasteiger partial charge in [-0.3, -0.25) is 4.79 Å². The predicted molar refractivity (Wildman–Crippen MR) is 46.6 cm³/mol. The molecule has 0 radical (unpaired) electrons. The number of hydrogen-bond acceptors (Lipinski definition) is 3. The van der Waals surface area contributed by atoms with E-state index in [4.69, 9.17) is 9.47 Å². The first-order valence-corrected chi connectivity index (χ1v) is 3.98. The number of Topliss-reactive ketones (excluding diaryl/α,β-unsaturated/α-hetero) is 1. The molecule has 0 N–H and O–H groups in total. The highest BCUT2D eigenvalue weighted by atomic mass is 16.7. The van der Waals surface area contributed by atoms with Gasteiger partial charge in [-0.25, -0.2) is 0 Å². The Morgan fingerprint density at radius 2 is 1.83 bits per heavy atom. The average molecular weight is 172 g/mol. The van der Waals surface area contributed by atoms with Crippen LogP contribution in [0.3, 0.4) is 0 Å². The number of ether oxygens (including phenoxy) is 2. The third kappa shape index (κ3) is 4.13. The molecule has 0 aromatic carbocycles. The second-order valence-electron chi connectivity index (χ2n) is 2.49. The third-order valence-electron chi connectivity index (χ3n) is 1.62. The summed E-state index contributed by atoms with van der Waals surface area (Å²) in [7, 11) is 0. The van der Waals surface area contributed by atoms with Gasteiger partial charge < -0.3 is 9.47 Å². The van der Waals surface area contributed by atoms with Gasteiger partial charge in [0.05, 0.1) is 0 Å². The van der Waals surface area contributed by atoms with E-state index in [1.165, 1.54) is 6.92 Å². The maximum absolute atomic E-state index is 10.8. The summed E-state index contributed by atoms with van der Waals surface area (Å²) in [6, 6.07) is 0. The number of hydrogen-bond donors (Lipinski definition) is 0. The molecule has 0 aromatic heterocycles. The molecule has 0 aliphatic carbocycles. The molecule has 0 rings (SSSR count). The summed E-state index contributed by atoms with van der Waals surface area (Å²) in [5.41, 5.74) is 0.648. The van der Waals surface area contributed by atoms with Crippen LogP contribution < -0.4 is 0 Å². The number of carbonyl (C=O) groups is 1. The maximum Gasteiger partial charge on any atom is 0.188 e. The van der Waals surface area contributed by atoms with E-state index < -0.39 is 0 Å². The zero-order chi connectivity index (χ0) is 9.56. The zero-order valence-electron chi connectivity index (χ0n) is 8.14. The molecule has 0 unspecified atom stereocenters. The van der Waals surface area contributed by atoms with E-state index in [0.29, 0.717) is 17.9 Å². The molecule has 70 valence electrons. The predicted octanol–water partition coefficient (Wildman–Crippen LogP) is 1.88. The summed E-state index contributed by atoms with van der Waals surface area (Å²) >= 11 is 0. The SMILES string of the molecule is CCOCO/C(C)=C(/C)C(C)=O. The molecule has 3 nitrogen and oxygen atoms in total. The molecule has 3 heteroatoms. The third-order valence-corrected chi connectivity index (χ3v) is 1.62. The van der Waals surface area contributed by atoms with E-state index in [1.807, 2.05) is 6.92 Å². The molecule has 0 heterocycles. The van der Waals surface area contributed by atoms with Gasteiger partial charge in [0, 0.05) is 12.2 Å². The first kappa shape index (κ1) is 11.2. The van der Waals surface area contributed by atoms with Crippen LogP contribution in [0.4, 0.5) is 0 Å². The van der Waals surface area contributed by atoms with Crippen molar-refractivity contribution in [3.8, 4) is 0 Å². The highest BCUT2D eigenvalue weighted by Gasteiger charge is 2.02. The van der Waals surface area contributed by atoms with Gasteiger partial charge in [-0.1, -0.05) is 0 Å². The minimum atomic E-state index is 0.0315. The van der Waals surface area contributed by atoms with Crippen molar-refractivity contribution in [3.63, 3.8) is 0 Å². The molecule has 0 amide bonds. The lowest BCUT2D eigenvalue weighted by molar-refractivity contribution is -0.114. The molecular formula is C9H16O3. The maximum atomic E-state index is 10.8. The van der Waals surface area contributed by atoms with Crippen LogP contribution in [0.5, 0.6) is 0 Å². The minimum absolute atomic E-state index is 0.0315. The van der Waals surface area contributed by atoms with Crippen molar-refractivity contribution >= 4 is 5.78 Å². The number of rotatable bonds is 5. The topological polar surface area (TPSA) is 35.5 Å². The Bertz CT molecular complexity index is 182. The number of ketones is 1. The van der Waals surface area contributed by atoms with E-state index >= 15 is 0 Å². The van der Waals surface area contributed by atoms with Crippen molar-refractivity contribution in [2.75, 3.05) is 13.4 Å². The smallest absolute Gasteiger partial charge is 0.188 e. The van der Waals surface area contributed by atoms with Crippen LogP contribution in [0.25, 0.3) is 0 Å². The fraction of sp³-hybridized carbons (Fsp3) is 0.667. The Morgan fingerprint density at radius 1 is 1.25 bits per heavy atom. The Kier molecular flexibility index (Phi) is 5.37. The van der Waals surface area contributed by atoms with Crippen molar-refractivity contribution in [2.45, 2.75) is 27.7 Å². The van der Waals surface area contributed by atoms with Crippen LogP contribution in [0.1, 0.15) is 27.7 Å². The van der Waals surface area contributed by atoms with Crippen molar-refractivity contribution in [2.24, 2.45) is 0 Å². The van der Waals surface area contributed by atoms with Crippen LogP contribution in [-0.2, 0) is 14.3 Å². The van der Waals surface area contributed by atoms with E-state index in [1.54, 1.807) is 13.8 Å². The molecule has 0 aromatic rings. The van der Waals surface area contributed by atoms with Crippen LogP contribution in [-0.4, -0.2) is 19.2 Å². The second-order valence-corrected chi connectivity index (χ2v) is 2.49. The van der Waals surface area contributed by atoms with Crippen LogP contribution in [0.15, 0.2) is 11.3 Å². The zero-order valence-corrected chi connectivity index (χ0v) is 8.14. The van der Waals surface area contributed by atoms with Crippen LogP contribution in [0, 0.1) is 0 Å². The van der Waals surface area contributed by atoms with E-state index in [0.717, 1.165) is 0 Å². The van der Waals surface area contributed by atoms with Gasteiger partial charge in [0.25, 0.3) is 0 Å². The van der Waals surface area contributed by atoms with Gasteiger partial charge in [0.15, 0.2) is 12.6 Å². The van der Waals surface area contributed by atoms with Crippen LogP contribution >= 0.6 is 0 Å². The van der Waals surface area contributed by atoms with Gasteiger partial charge in [-0.2, -0.15) is 0 Å². The van der Waals surface area contributed by atoms with E-state index in [-0.39, 0.29) is 12.6 Å². The molecule has 12 heavy (non-hydrogen) atoms. The molecule has 0 aliphatic rings. The lowest BCUT2D eigenvalue weighted by atomic mass is 10.2. The summed E-state index contributed by atoms with van der Waals surface area (Å²) < 4.78 is 10.1. The molecule has 0 fully saturated rings. The molecule has 0 saturated heterocycles. The fourth-order valence-corrected chi connectivity index (χ4v) is 0.570. The van der Waals surface area contributed by atoms with Crippen molar-refractivity contribution in [1.82, 2.24) is 0 Å². The first-order valence-electron chi connectivity index (χ1n) is 3.98. The summed E-state index contributed by atoms with van der Waals surface area (Å²) in [5.74, 6) is 0.667. The van der Waals surface area contributed by atoms with Crippen LogP contribution in [0.2, 0.25) is 0 Å². The Balaban J connectivity index is 3.91. The second kappa shape index (κ2) is 5.77. The summed E-state index contributed by atoms with van der Waals surface area (Å²) in [6.45, 7) is 7.74. The number of carbonyl (C=O) groups excluding carboxylic acids is 1. The van der Waals surface area contributed by atoms with Crippen molar-refractivity contribution < 1.29 is 14.3 Å². The highest BCUT2D eigenvalue weighted by molar-refractivity contribution is 5.92. The standard InChI is InChI=1S/C9H16O3/c1-5-11-6-12-9(4)7(2)8(3)10/h5-6H2,1-4H3/b9-7-. The Hall–Kier alpha value is -0.830. The lowest BCUT2D eigenvalue weighted by Gasteiger charge is -2.07. The van der Waals surface area contributed by atoms with E-state index in [2.05, 4.69) is 0 Å². The minimum Gasteiger partial charge on any atom is -0.472 e.